The van der Waals surface area contributed by atoms with Crippen molar-refractivity contribution < 1.29 is 9.90 Å². The molecule has 100 valence electrons. The molecule has 17 heavy (non-hydrogen) atoms. The third kappa shape index (κ3) is 11.3. The minimum absolute atomic E-state index is 0.145. The average molecular weight is 241 g/mol. The van der Waals surface area contributed by atoms with Crippen LogP contribution in [-0.2, 0) is 4.79 Å². The zero-order valence-corrected chi connectivity index (χ0v) is 11.3. The molecule has 0 aliphatic carbocycles. The number of aliphatic hydroxyl groups excluding tert-OH is 1. The second-order valence-corrected chi connectivity index (χ2v) is 4.43. The van der Waals surface area contributed by atoms with Crippen LogP contribution in [0.25, 0.3) is 0 Å². The van der Waals surface area contributed by atoms with Crippen LogP contribution in [0.4, 0.5) is 0 Å². The monoisotopic (exact) mass is 241 g/mol. The van der Waals surface area contributed by atoms with Crippen molar-refractivity contribution in [2.45, 2.75) is 64.7 Å². The molecule has 3 nitrogen and oxygen atoms in total. The highest BCUT2D eigenvalue weighted by molar-refractivity contribution is 5.75. The van der Waals surface area contributed by atoms with E-state index >= 15 is 0 Å². The molecule has 0 aromatic carbocycles. The molecule has 0 unspecified atom stereocenters. The van der Waals surface area contributed by atoms with Crippen LogP contribution in [0.3, 0.4) is 0 Å². The molecule has 0 saturated heterocycles. The average Bonchev–Trinajstić information content (AvgIpc) is 2.35. The van der Waals surface area contributed by atoms with Gasteiger partial charge < -0.3 is 10.4 Å². The highest BCUT2D eigenvalue weighted by Crippen LogP contribution is 2.11. The summed E-state index contributed by atoms with van der Waals surface area (Å²) in [5.74, 6) is 0.655. The van der Waals surface area contributed by atoms with E-state index < -0.39 is 0 Å². The first-order chi connectivity index (χ1) is 8.20. The Kier molecular flexibility index (Phi) is 10.8. The van der Waals surface area contributed by atoms with Gasteiger partial charge in [0.05, 0.1) is 5.76 Å². The number of unbranched alkanes of at least 4 members (excludes halogenated alkanes) is 6. The molecule has 0 aliphatic heterocycles. The van der Waals surface area contributed by atoms with Crippen LogP contribution in [0, 0.1) is 0 Å². The fourth-order valence-corrected chi connectivity index (χ4v) is 1.74. The maximum Gasteiger partial charge on any atom is 0.219 e. The smallest absolute Gasteiger partial charge is 0.219 e. The molecular weight excluding hydrogens is 214 g/mol. The van der Waals surface area contributed by atoms with Gasteiger partial charge in [-0.25, -0.2) is 0 Å². The Morgan fingerprint density at radius 3 is 1.94 bits per heavy atom. The summed E-state index contributed by atoms with van der Waals surface area (Å²) >= 11 is 0. The van der Waals surface area contributed by atoms with Gasteiger partial charge in [0.1, 0.15) is 0 Å². The molecule has 0 aromatic rings. The molecule has 2 N–H and O–H groups in total. The van der Waals surface area contributed by atoms with E-state index in [0.29, 0.717) is 12.2 Å². The lowest BCUT2D eigenvalue weighted by atomic mass is 10.1. The van der Waals surface area contributed by atoms with Crippen LogP contribution in [0.2, 0.25) is 0 Å². The van der Waals surface area contributed by atoms with Gasteiger partial charge in [0.15, 0.2) is 0 Å². The van der Waals surface area contributed by atoms with E-state index in [0.717, 1.165) is 25.7 Å². The number of amides is 1. The van der Waals surface area contributed by atoms with E-state index in [9.17, 15) is 9.90 Å². The molecule has 0 atom stereocenters. The summed E-state index contributed by atoms with van der Waals surface area (Å²) in [6.07, 6.45) is 11.3. The normalized spacial score (nSPS) is 11.5. The number of hydrogen-bond acceptors (Lipinski definition) is 2. The van der Waals surface area contributed by atoms with Crippen LogP contribution in [0.1, 0.15) is 64.7 Å². The van der Waals surface area contributed by atoms with Crippen molar-refractivity contribution in [3.8, 4) is 0 Å². The number of nitrogens with one attached hydrogen (secondary N) is 1. The summed E-state index contributed by atoms with van der Waals surface area (Å²) in [5.41, 5.74) is 0. The predicted octanol–water partition coefficient (Wildman–Crippen LogP) is 3.71. The number of carbonyl (C=O) groups excluding carboxylic acids is 1. The minimum atomic E-state index is 0.145. The van der Waals surface area contributed by atoms with Gasteiger partial charge in [0.2, 0.25) is 5.91 Å². The third-order valence-electron chi connectivity index (χ3n) is 2.95. The molecule has 0 saturated carbocycles. The summed E-state index contributed by atoms with van der Waals surface area (Å²) < 4.78 is 0. The topological polar surface area (TPSA) is 49.3 Å². The van der Waals surface area contributed by atoms with Gasteiger partial charge in [-0.2, -0.15) is 0 Å². The van der Waals surface area contributed by atoms with E-state index in [4.69, 9.17) is 0 Å². The standard InChI is InChI=1S/C14H27NO2/c1-3-13(16)11-9-7-5-4-6-8-10-12-14(17)15-2/h3,16H,4-12H2,1-2H3,(H,15,17)/b13-3-. The summed E-state index contributed by atoms with van der Waals surface area (Å²) in [5, 5.41) is 11.9. The minimum Gasteiger partial charge on any atom is -0.513 e. The van der Waals surface area contributed by atoms with Crippen molar-refractivity contribution in [3.05, 3.63) is 11.8 Å². The van der Waals surface area contributed by atoms with Gasteiger partial charge in [-0.1, -0.05) is 32.1 Å². The van der Waals surface area contributed by atoms with Crippen LogP contribution in [0.5, 0.6) is 0 Å². The molecule has 0 bridgehead atoms. The van der Waals surface area contributed by atoms with Gasteiger partial charge in [-0.3, -0.25) is 4.79 Å². The fraction of sp³-hybridized carbons (Fsp3) is 0.786. The second-order valence-electron chi connectivity index (χ2n) is 4.43. The number of rotatable bonds is 10. The van der Waals surface area contributed by atoms with Crippen molar-refractivity contribution >= 4 is 5.91 Å². The Morgan fingerprint density at radius 2 is 1.47 bits per heavy atom. The van der Waals surface area contributed by atoms with E-state index in [1.54, 1.807) is 13.1 Å². The largest absolute Gasteiger partial charge is 0.513 e. The highest BCUT2D eigenvalue weighted by Gasteiger charge is 1.97. The Morgan fingerprint density at radius 1 is 1.00 bits per heavy atom. The number of hydrogen-bond donors (Lipinski definition) is 2. The molecule has 0 heterocycles. The lowest BCUT2D eigenvalue weighted by molar-refractivity contribution is -0.120. The Bertz CT molecular complexity index is 224. The molecule has 1 amide bonds. The van der Waals surface area contributed by atoms with Crippen molar-refractivity contribution in [1.82, 2.24) is 5.32 Å². The van der Waals surface area contributed by atoms with Crippen molar-refractivity contribution in [2.75, 3.05) is 7.05 Å². The Balaban J connectivity index is 3.11. The summed E-state index contributed by atoms with van der Waals surface area (Å²) in [6, 6.07) is 0. The molecule has 0 spiro atoms. The summed E-state index contributed by atoms with van der Waals surface area (Å²) in [4.78, 5) is 10.9. The zero-order chi connectivity index (χ0) is 12.9. The van der Waals surface area contributed by atoms with Crippen molar-refractivity contribution in [3.63, 3.8) is 0 Å². The van der Waals surface area contributed by atoms with E-state index in [-0.39, 0.29) is 5.91 Å². The summed E-state index contributed by atoms with van der Waals surface area (Å²) in [6.45, 7) is 1.86. The second kappa shape index (κ2) is 11.5. The summed E-state index contributed by atoms with van der Waals surface area (Å²) in [7, 11) is 1.68. The van der Waals surface area contributed by atoms with E-state index in [1.807, 2.05) is 6.92 Å². The number of carbonyl (C=O) groups is 1. The molecule has 0 fully saturated rings. The van der Waals surface area contributed by atoms with Crippen molar-refractivity contribution in [2.24, 2.45) is 0 Å². The Labute approximate surface area is 105 Å². The highest BCUT2D eigenvalue weighted by atomic mass is 16.3. The van der Waals surface area contributed by atoms with E-state index in [2.05, 4.69) is 5.32 Å². The molecule has 0 aromatic heterocycles. The SMILES string of the molecule is C/C=C(\O)CCCCCCCCCC(=O)NC. The molecule has 0 radical (unpaired) electrons. The van der Waals surface area contributed by atoms with Crippen LogP contribution in [0.15, 0.2) is 11.8 Å². The maximum absolute atomic E-state index is 10.9. The van der Waals surface area contributed by atoms with Gasteiger partial charge >= 0.3 is 0 Å². The van der Waals surface area contributed by atoms with Gasteiger partial charge in [-0.05, 0) is 25.8 Å². The van der Waals surface area contributed by atoms with Crippen molar-refractivity contribution in [1.29, 1.82) is 0 Å². The lowest BCUT2D eigenvalue weighted by Crippen LogP contribution is -2.16. The quantitative estimate of drug-likeness (QED) is 0.452. The fourth-order valence-electron chi connectivity index (χ4n) is 1.74. The maximum atomic E-state index is 10.9. The first kappa shape index (κ1) is 16.0. The van der Waals surface area contributed by atoms with Gasteiger partial charge in [-0.15, -0.1) is 0 Å². The third-order valence-corrected chi connectivity index (χ3v) is 2.95. The van der Waals surface area contributed by atoms with Gasteiger partial charge in [0.25, 0.3) is 0 Å². The van der Waals surface area contributed by atoms with Crippen LogP contribution >= 0.6 is 0 Å². The number of allylic oxidation sites excluding steroid dienone is 2. The lowest BCUT2D eigenvalue weighted by Gasteiger charge is -2.02. The predicted molar refractivity (Wildman–Crippen MR) is 72.0 cm³/mol. The molecule has 0 rings (SSSR count). The number of aliphatic hydroxyl groups is 1. The first-order valence-electron chi connectivity index (χ1n) is 6.75. The molecular formula is C14H27NO2. The van der Waals surface area contributed by atoms with Gasteiger partial charge in [0, 0.05) is 19.9 Å². The van der Waals surface area contributed by atoms with Crippen LogP contribution in [-0.4, -0.2) is 18.1 Å². The molecule has 0 aliphatic rings. The van der Waals surface area contributed by atoms with Crippen LogP contribution < -0.4 is 5.32 Å². The van der Waals surface area contributed by atoms with E-state index in [1.165, 1.54) is 25.7 Å². The first-order valence-corrected chi connectivity index (χ1v) is 6.75. The molecule has 3 heteroatoms. The zero-order valence-electron chi connectivity index (χ0n) is 11.3. The Hall–Kier alpha value is -0.990.